The van der Waals surface area contributed by atoms with Crippen LogP contribution in [0.2, 0.25) is 0 Å². The van der Waals surface area contributed by atoms with E-state index in [0.717, 1.165) is 18.2 Å². The van der Waals surface area contributed by atoms with Gasteiger partial charge in [-0.05, 0) is 23.8 Å². The number of hydrogen-bond donors (Lipinski definition) is 0. The molecule has 0 amide bonds. The Hall–Kier alpha value is -1.59. The lowest BCUT2D eigenvalue weighted by molar-refractivity contribution is -0.274. The molecule has 0 radical (unpaired) electrons. The molecule has 0 aliphatic rings. The van der Waals surface area contributed by atoms with Gasteiger partial charge >= 0.3 is 6.36 Å². The van der Waals surface area contributed by atoms with Crippen molar-refractivity contribution >= 4 is 6.29 Å². The highest BCUT2D eigenvalue weighted by atomic mass is 19.4. The topological polar surface area (TPSA) is 26.3 Å². The average molecular weight is 222 g/mol. The van der Waals surface area contributed by atoms with Gasteiger partial charge in [0, 0.05) is 6.42 Å². The van der Waals surface area contributed by atoms with Crippen molar-refractivity contribution in [2.45, 2.75) is 12.8 Å². The zero-order chi connectivity index (χ0) is 11.5. The van der Waals surface area contributed by atoms with Crippen LogP contribution in [0.4, 0.5) is 17.6 Å². The van der Waals surface area contributed by atoms with Crippen molar-refractivity contribution in [2.24, 2.45) is 0 Å². The predicted octanol–water partition coefficient (Wildman–Crippen LogP) is 2.47. The first-order valence-corrected chi connectivity index (χ1v) is 3.90. The fraction of sp³-hybridized carbons (Fsp3) is 0.222. The SMILES string of the molecule is O=CCc1cc(OC(F)(F)F)ccc1F. The van der Waals surface area contributed by atoms with Crippen molar-refractivity contribution in [3.8, 4) is 5.75 Å². The number of rotatable bonds is 3. The fourth-order valence-corrected chi connectivity index (χ4v) is 0.994. The van der Waals surface area contributed by atoms with E-state index in [1.165, 1.54) is 0 Å². The van der Waals surface area contributed by atoms with Crippen LogP contribution in [-0.2, 0) is 11.2 Å². The molecule has 1 aromatic rings. The zero-order valence-electron chi connectivity index (χ0n) is 7.34. The van der Waals surface area contributed by atoms with Gasteiger partial charge in [0.1, 0.15) is 17.9 Å². The number of hydrogen-bond acceptors (Lipinski definition) is 2. The van der Waals surface area contributed by atoms with Crippen molar-refractivity contribution < 1.29 is 27.1 Å². The van der Waals surface area contributed by atoms with Gasteiger partial charge in [0.05, 0.1) is 0 Å². The molecule has 0 aliphatic heterocycles. The summed E-state index contributed by atoms with van der Waals surface area (Å²) in [5.74, 6) is -1.28. The molecule has 0 bridgehead atoms. The average Bonchev–Trinajstić information content (AvgIpc) is 2.09. The summed E-state index contributed by atoms with van der Waals surface area (Å²) < 4.78 is 51.8. The number of aldehydes is 1. The van der Waals surface area contributed by atoms with Crippen molar-refractivity contribution in [3.05, 3.63) is 29.6 Å². The molecule has 0 fully saturated rings. The normalized spacial score (nSPS) is 11.2. The van der Waals surface area contributed by atoms with E-state index in [2.05, 4.69) is 4.74 Å². The van der Waals surface area contributed by atoms with Gasteiger partial charge in [0.2, 0.25) is 0 Å². The van der Waals surface area contributed by atoms with Crippen molar-refractivity contribution in [2.75, 3.05) is 0 Å². The molecule has 82 valence electrons. The number of carbonyl (C=O) groups is 1. The number of benzene rings is 1. The van der Waals surface area contributed by atoms with Crippen LogP contribution in [0.5, 0.6) is 5.75 Å². The molecule has 0 unspecified atom stereocenters. The highest BCUT2D eigenvalue weighted by Gasteiger charge is 2.31. The van der Waals surface area contributed by atoms with Gasteiger partial charge in [-0.25, -0.2) is 4.39 Å². The first kappa shape index (κ1) is 11.5. The molecule has 0 heterocycles. The minimum atomic E-state index is -4.82. The van der Waals surface area contributed by atoms with Crippen molar-refractivity contribution in [1.29, 1.82) is 0 Å². The molecule has 0 N–H and O–H groups in total. The quantitative estimate of drug-likeness (QED) is 0.580. The summed E-state index contributed by atoms with van der Waals surface area (Å²) in [4.78, 5) is 10.1. The van der Waals surface area contributed by atoms with Gasteiger partial charge in [-0.2, -0.15) is 0 Å². The molecular formula is C9H6F4O2. The molecule has 0 aromatic heterocycles. The number of ether oxygens (including phenoxy) is 1. The summed E-state index contributed by atoms with van der Waals surface area (Å²) in [5.41, 5.74) is -0.133. The molecular weight excluding hydrogens is 216 g/mol. The van der Waals surface area contributed by atoms with E-state index in [1.807, 2.05) is 0 Å². The molecule has 1 rings (SSSR count). The van der Waals surface area contributed by atoms with Crippen LogP contribution in [0.1, 0.15) is 5.56 Å². The van der Waals surface area contributed by atoms with E-state index in [0.29, 0.717) is 6.29 Å². The standard InChI is InChI=1S/C9H6F4O2/c10-8-2-1-7(15-9(11,12)13)5-6(8)3-4-14/h1-2,4-5H,3H2. The van der Waals surface area contributed by atoms with Gasteiger partial charge in [0.15, 0.2) is 0 Å². The van der Waals surface area contributed by atoms with Gasteiger partial charge in [-0.1, -0.05) is 0 Å². The predicted molar refractivity (Wildman–Crippen MR) is 42.9 cm³/mol. The van der Waals surface area contributed by atoms with Crippen LogP contribution in [-0.4, -0.2) is 12.6 Å². The molecule has 15 heavy (non-hydrogen) atoms. The van der Waals surface area contributed by atoms with E-state index in [9.17, 15) is 22.4 Å². The Morgan fingerprint density at radius 2 is 2.00 bits per heavy atom. The first-order valence-electron chi connectivity index (χ1n) is 3.90. The second-order valence-electron chi connectivity index (χ2n) is 2.67. The Labute approximate surface area is 82.5 Å². The number of halogens is 4. The number of alkyl halides is 3. The first-order chi connectivity index (χ1) is 6.92. The molecule has 1 aromatic carbocycles. The largest absolute Gasteiger partial charge is 0.573 e. The second kappa shape index (κ2) is 4.29. The Kier molecular flexibility index (Phi) is 3.28. The maximum Gasteiger partial charge on any atom is 0.573 e. The van der Waals surface area contributed by atoms with Crippen LogP contribution >= 0.6 is 0 Å². The molecule has 2 nitrogen and oxygen atoms in total. The monoisotopic (exact) mass is 222 g/mol. The van der Waals surface area contributed by atoms with E-state index < -0.39 is 17.9 Å². The van der Waals surface area contributed by atoms with Crippen molar-refractivity contribution in [1.82, 2.24) is 0 Å². The molecule has 0 atom stereocenters. The summed E-state index contributed by atoms with van der Waals surface area (Å²) >= 11 is 0. The van der Waals surface area contributed by atoms with Crippen LogP contribution in [0.25, 0.3) is 0 Å². The Balaban J connectivity index is 2.92. The summed E-state index contributed by atoms with van der Waals surface area (Å²) in [6.07, 6.45) is -4.72. The molecule has 0 saturated heterocycles. The van der Waals surface area contributed by atoms with Gasteiger partial charge in [-0.15, -0.1) is 13.2 Å². The highest BCUT2D eigenvalue weighted by Crippen LogP contribution is 2.24. The lowest BCUT2D eigenvalue weighted by Gasteiger charge is -2.09. The number of carbonyl (C=O) groups excluding carboxylic acids is 1. The minimum Gasteiger partial charge on any atom is -0.406 e. The van der Waals surface area contributed by atoms with Gasteiger partial charge in [0.25, 0.3) is 0 Å². The fourth-order valence-electron chi connectivity index (χ4n) is 0.994. The Morgan fingerprint density at radius 1 is 1.33 bits per heavy atom. The molecule has 6 heteroatoms. The van der Waals surface area contributed by atoms with Gasteiger partial charge in [-0.3, -0.25) is 0 Å². The smallest absolute Gasteiger partial charge is 0.406 e. The van der Waals surface area contributed by atoms with Crippen molar-refractivity contribution in [3.63, 3.8) is 0 Å². The third-order valence-electron chi connectivity index (χ3n) is 1.55. The summed E-state index contributed by atoms with van der Waals surface area (Å²) in [6.45, 7) is 0. The molecule has 0 spiro atoms. The third kappa shape index (κ3) is 3.57. The lowest BCUT2D eigenvalue weighted by Crippen LogP contribution is -2.17. The van der Waals surface area contributed by atoms with E-state index in [1.54, 1.807) is 0 Å². The summed E-state index contributed by atoms with van der Waals surface area (Å²) in [7, 11) is 0. The third-order valence-corrected chi connectivity index (χ3v) is 1.55. The Bertz CT molecular complexity index is 360. The second-order valence-corrected chi connectivity index (χ2v) is 2.67. The van der Waals surface area contributed by atoms with Crippen LogP contribution in [0.15, 0.2) is 18.2 Å². The molecule has 0 saturated carbocycles. The zero-order valence-corrected chi connectivity index (χ0v) is 7.34. The van der Waals surface area contributed by atoms with E-state index >= 15 is 0 Å². The summed E-state index contributed by atoms with van der Waals surface area (Å²) in [6, 6.07) is 2.51. The maximum atomic E-state index is 12.9. The lowest BCUT2D eigenvalue weighted by atomic mass is 10.1. The van der Waals surface area contributed by atoms with Crippen LogP contribution in [0.3, 0.4) is 0 Å². The van der Waals surface area contributed by atoms with E-state index in [-0.39, 0.29) is 12.0 Å². The highest BCUT2D eigenvalue weighted by molar-refractivity contribution is 5.55. The Morgan fingerprint density at radius 3 is 2.53 bits per heavy atom. The van der Waals surface area contributed by atoms with E-state index in [4.69, 9.17) is 0 Å². The minimum absolute atomic E-state index is 0.133. The molecule has 0 aliphatic carbocycles. The summed E-state index contributed by atoms with van der Waals surface area (Å²) in [5, 5.41) is 0. The van der Waals surface area contributed by atoms with Crippen LogP contribution in [0, 0.1) is 5.82 Å². The van der Waals surface area contributed by atoms with Gasteiger partial charge < -0.3 is 9.53 Å². The maximum absolute atomic E-state index is 12.9. The van der Waals surface area contributed by atoms with Crippen LogP contribution < -0.4 is 4.74 Å².